The van der Waals surface area contributed by atoms with Gasteiger partial charge in [-0.2, -0.15) is 0 Å². The van der Waals surface area contributed by atoms with E-state index in [9.17, 15) is 23.1 Å². The van der Waals surface area contributed by atoms with Gasteiger partial charge in [0.2, 0.25) is 5.88 Å². The summed E-state index contributed by atoms with van der Waals surface area (Å²) in [5, 5.41) is 9.48. The van der Waals surface area contributed by atoms with E-state index in [0.717, 1.165) is 6.07 Å². The van der Waals surface area contributed by atoms with Crippen molar-refractivity contribution in [2.24, 2.45) is 0 Å². The predicted octanol–water partition coefficient (Wildman–Crippen LogP) is 2.60. The molecule has 0 bridgehead atoms. The van der Waals surface area contributed by atoms with Crippen LogP contribution in [0.4, 0.5) is 13.2 Å². The molecule has 0 fully saturated rings. The number of carbonyl (C=O) groups excluding carboxylic acids is 1. The number of hydrogen-bond donors (Lipinski definition) is 1. The summed E-state index contributed by atoms with van der Waals surface area (Å²) in [7, 11) is 0. The fourth-order valence-electron chi connectivity index (χ4n) is 1.17. The number of nitrogens with zero attached hydrogens (tertiary/aromatic N) is 1. The smallest absolute Gasteiger partial charge is 0.505 e. The van der Waals surface area contributed by atoms with Gasteiger partial charge in [-0.15, -0.1) is 24.8 Å². The van der Waals surface area contributed by atoms with Crippen LogP contribution in [0.2, 0.25) is 0 Å². The van der Waals surface area contributed by atoms with Gasteiger partial charge in [-0.3, -0.25) is 0 Å². The molecule has 1 aromatic rings. The first-order valence-electron chi connectivity index (χ1n) is 5.00. The topological polar surface area (TPSA) is 68.7 Å². The number of rotatable bonds is 4. The second kappa shape index (κ2) is 5.96. The van der Waals surface area contributed by atoms with E-state index in [1.165, 1.54) is 6.92 Å². The van der Waals surface area contributed by atoms with E-state index in [1.807, 2.05) is 0 Å². The molecule has 0 amide bonds. The van der Waals surface area contributed by atoms with Gasteiger partial charge in [-0.1, -0.05) is 0 Å². The van der Waals surface area contributed by atoms with Crippen LogP contribution in [-0.4, -0.2) is 29.0 Å². The first-order chi connectivity index (χ1) is 8.78. The predicted molar refractivity (Wildman–Crippen MR) is 58.1 cm³/mol. The number of aromatic nitrogens is 1. The van der Waals surface area contributed by atoms with Gasteiger partial charge in [0.15, 0.2) is 5.69 Å². The van der Waals surface area contributed by atoms with Crippen LogP contribution in [0.3, 0.4) is 0 Å². The van der Waals surface area contributed by atoms with E-state index in [-0.39, 0.29) is 18.1 Å². The Morgan fingerprint density at radius 1 is 1.53 bits per heavy atom. The maximum Gasteiger partial charge on any atom is 0.574 e. The number of hydrogen-bond acceptors (Lipinski definition) is 5. The number of carbonyl (C=O) groups is 1. The Morgan fingerprint density at radius 3 is 2.63 bits per heavy atom. The summed E-state index contributed by atoms with van der Waals surface area (Å²) in [5.41, 5.74) is -0.875. The zero-order valence-electron chi connectivity index (χ0n) is 9.62. The molecule has 9 heteroatoms. The lowest BCUT2D eigenvalue weighted by atomic mass is 10.2. The summed E-state index contributed by atoms with van der Waals surface area (Å²) in [6.07, 6.45) is -4.99. The van der Waals surface area contributed by atoms with Gasteiger partial charge >= 0.3 is 12.3 Å². The third-order valence-corrected chi connectivity index (χ3v) is 2.15. The third kappa shape index (κ3) is 4.16. The minimum absolute atomic E-state index is 0.0212. The molecule has 1 N–H and O–H groups in total. The maximum atomic E-state index is 12.2. The highest BCUT2D eigenvalue weighted by Gasteiger charge is 2.34. The molecule has 1 heterocycles. The molecule has 0 aliphatic carbocycles. The van der Waals surface area contributed by atoms with Crippen molar-refractivity contribution in [1.82, 2.24) is 4.98 Å². The molecule has 1 aromatic heterocycles. The van der Waals surface area contributed by atoms with Crippen molar-refractivity contribution >= 4 is 17.6 Å². The van der Waals surface area contributed by atoms with Crippen LogP contribution in [0, 0.1) is 0 Å². The molecule has 0 aromatic carbocycles. The van der Waals surface area contributed by atoms with Gasteiger partial charge in [0.25, 0.3) is 0 Å². The Kier molecular flexibility index (Phi) is 4.82. The standard InChI is InChI=1S/C10H9ClF3NO4/c1-2-18-9(17)7-6(16)3-5(4-11)8(15-7)19-10(12,13)14/h3,16H,2,4H2,1H3. The molecule has 0 radical (unpaired) electrons. The Bertz CT molecular complexity index is 479. The summed E-state index contributed by atoms with van der Waals surface area (Å²) in [6, 6.07) is 0.868. The van der Waals surface area contributed by atoms with E-state index in [4.69, 9.17) is 11.6 Å². The number of ether oxygens (including phenoxy) is 2. The van der Waals surface area contributed by atoms with Crippen molar-refractivity contribution in [2.45, 2.75) is 19.2 Å². The molecule has 0 aliphatic rings. The molecule has 5 nitrogen and oxygen atoms in total. The molecule has 0 atom stereocenters. The SMILES string of the molecule is CCOC(=O)c1nc(OC(F)(F)F)c(CCl)cc1O. The Morgan fingerprint density at radius 2 is 2.16 bits per heavy atom. The van der Waals surface area contributed by atoms with Crippen LogP contribution in [-0.2, 0) is 10.6 Å². The van der Waals surface area contributed by atoms with Gasteiger partial charge in [-0.25, -0.2) is 9.78 Å². The van der Waals surface area contributed by atoms with E-state index in [1.54, 1.807) is 0 Å². The summed E-state index contributed by atoms with van der Waals surface area (Å²) < 4.78 is 44.6. The lowest BCUT2D eigenvalue weighted by Gasteiger charge is -2.13. The number of esters is 1. The van der Waals surface area contributed by atoms with Crippen molar-refractivity contribution in [3.8, 4) is 11.6 Å². The third-order valence-electron chi connectivity index (χ3n) is 1.87. The molecule has 0 aliphatic heterocycles. The maximum absolute atomic E-state index is 12.2. The Balaban J connectivity index is 3.21. The van der Waals surface area contributed by atoms with E-state index < -0.39 is 29.7 Å². The zero-order valence-corrected chi connectivity index (χ0v) is 10.4. The van der Waals surface area contributed by atoms with E-state index in [2.05, 4.69) is 14.5 Å². The monoisotopic (exact) mass is 299 g/mol. The number of aromatic hydroxyl groups is 1. The average Bonchev–Trinajstić information content (AvgIpc) is 2.29. The van der Waals surface area contributed by atoms with E-state index in [0.29, 0.717) is 0 Å². The minimum Gasteiger partial charge on any atom is -0.505 e. The number of halogens is 4. The molecule has 0 spiro atoms. The molecular formula is C10H9ClF3NO4. The summed E-state index contributed by atoms with van der Waals surface area (Å²) >= 11 is 5.41. The van der Waals surface area contributed by atoms with Crippen LogP contribution in [0.25, 0.3) is 0 Å². The van der Waals surface area contributed by atoms with Crippen molar-refractivity contribution in [2.75, 3.05) is 6.61 Å². The molecule has 0 unspecified atom stereocenters. The van der Waals surface area contributed by atoms with Crippen LogP contribution in [0.1, 0.15) is 23.0 Å². The minimum atomic E-state index is -4.99. The Hall–Kier alpha value is -1.70. The molecule has 19 heavy (non-hydrogen) atoms. The first-order valence-corrected chi connectivity index (χ1v) is 5.53. The second-order valence-corrected chi connectivity index (χ2v) is 3.49. The lowest BCUT2D eigenvalue weighted by Crippen LogP contribution is -2.20. The molecule has 0 saturated carbocycles. The van der Waals surface area contributed by atoms with Crippen LogP contribution in [0.15, 0.2) is 6.07 Å². The van der Waals surface area contributed by atoms with Gasteiger partial charge in [0.1, 0.15) is 5.75 Å². The average molecular weight is 300 g/mol. The molecule has 106 valence electrons. The van der Waals surface area contributed by atoms with Crippen molar-refractivity contribution in [3.63, 3.8) is 0 Å². The first kappa shape index (κ1) is 15.4. The summed E-state index contributed by atoms with van der Waals surface area (Å²) in [5.74, 6) is -2.98. The lowest BCUT2D eigenvalue weighted by molar-refractivity contribution is -0.276. The van der Waals surface area contributed by atoms with Crippen LogP contribution in [0.5, 0.6) is 11.6 Å². The fourth-order valence-corrected chi connectivity index (χ4v) is 1.36. The fraction of sp³-hybridized carbons (Fsp3) is 0.400. The van der Waals surface area contributed by atoms with Crippen molar-refractivity contribution in [3.05, 3.63) is 17.3 Å². The Labute approximate surface area is 110 Å². The summed E-state index contributed by atoms with van der Waals surface area (Å²) in [4.78, 5) is 14.7. The highest BCUT2D eigenvalue weighted by Crippen LogP contribution is 2.30. The van der Waals surface area contributed by atoms with Crippen molar-refractivity contribution < 1.29 is 32.5 Å². The van der Waals surface area contributed by atoms with Gasteiger partial charge in [0, 0.05) is 5.56 Å². The second-order valence-electron chi connectivity index (χ2n) is 3.22. The van der Waals surface area contributed by atoms with E-state index >= 15 is 0 Å². The van der Waals surface area contributed by atoms with Crippen LogP contribution >= 0.6 is 11.6 Å². The number of alkyl halides is 4. The highest BCUT2D eigenvalue weighted by atomic mass is 35.5. The van der Waals surface area contributed by atoms with Gasteiger partial charge in [0.05, 0.1) is 12.5 Å². The molecule has 1 rings (SSSR count). The molecular weight excluding hydrogens is 291 g/mol. The zero-order chi connectivity index (χ0) is 14.6. The molecule has 0 saturated heterocycles. The number of pyridine rings is 1. The van der Waals surface area contributed by atoms with Crippen LogP contribution < -0.4 is 4.74 Å². The van der Waals surface area contributed by atoms with Crippen molar-refractivity contribution in [1.29, 1.82) is 0 Å². The van der Waals surface area contributed by atoms with Gasteiger partial charge in [-0.05, 0) is 13.0 Å². The normalized spacial score (nSPS) is 11.2. The largest absolute Gasteiger partial charge is 0.574 e. The highest BCUT2D eigenvalue weighted by molar-refractivity contribution is 6.17. The quantitative estimate of drug-likeness (QED) is 0.683. The van der Waals surface area contributed by atoms with Gasteiger partial charge < -0.3 is 14.6 Å². The summed E-state index contributed by atoms with van der Waals surface area (Å²) in [6.45, 7) is 1.47.